The molecule has 0 atom stereocenters. The van der Waals surface area contributed by atoms with E-state index in [1.54, 1.807) is 30.3 Å². The van der Waals surface area contributed by atoms with E-state index in [4.69, 9.17) is 27.9 Å². The zero-order valence-corrected chi connectivity index (χ0v) is 17.8. The van der Waals surface area contributed by atoms with Gasteiger partial charge in [0.2, 0.25) is 0 Å². The van der Waals surface area contributed by atoms with Gasteiger partial charge in [-0.15, -0.1) is 0 Å². The number of hydrogen-bond donors (Lipinski definition) is 3. The van der Waals surface area contributed by atoms with Crippen molar-refractivity contribution in [2.45, 2.75) is 37.8 Å². The van der Waals surface area contributed by atoms with Crippen molar-refractivity contribution < 1.29 is 19.4 Å². The van der Waals surface area contributed by atoms with Crippen LogP contribution in [-0.4, -0.2) is 40.6 Å². The van der Waals surface area contributed by atoms with Crippen molar-refractivity contribution in [3.63, 3.8) is 0 Å². The van der Waals surface area contributed by atoms with Crippen LogP contribution in [0.25, 0.3) is 0 Å². The van der Waals surface area contributed by atoms with Crippen molar-refractivity contribution >= 4 is 35.0 Å². The number of halogens is 2. The van der Waals surface area contributed by atoms with Crippen molar-refractivity contribution in [2.24, 2.45) is 0 Å². The molecule has 1 heterocycles. The smallest absolute Gasteiger partial charge is 0.270 e. The number of benzene rings is 1. The lowest BCUT2D eigenvalue weighted by atomic mass is 9.74. The van der Waals surface area contributed by atoms with Crippen LogP contribution < -0.4 is 15.4 Å². The van der Waals surface area contributed by atoms with Gasteiger partial charge in [0, 0.05) is 24.3 Å². The van der Waals surface area contributed by atoms with E-state index in [0.717, 1.165) is 19.3 Å². The third-order valence-corrected chi connectivity index (χ3v) is 5.85. The molecule has 2 amide bonds. The van der Waals surface area contributed by atoms with Crippen LogP contribution in [0.3, 0.4) is 0 Å². The number of pyridine rings is 1. The van der Waals surface area contributed by atoms with Crippen molar-refractivity contribution in [2.75, 3.05) is 13.2 Å². The van der Waals surface area contributed by atoms with Crippen LogP contribution in [0.5, 0.6) is 5.75 Å². The average Bonchev–Trinajstić information content (AvgIpc) is 2.72. The molecule has 0 aliphatic heterocycles. The lowest BCUT2D eigenvalue weighted by Crippen LogP contribution is -2.55. The molecule has 0 unspecified atom stereocenters. The summed E-state index contributed by atoms with van der Waals surface area (Å²) in [5.74, 6) is -0.0849. The Morgan fingerprint density at radius 1 is 1.17 bits per heavy atom. The molecule has 0 spiro atoms. The summed E-state index contributed by atoms with van der Waals surface area (Å²) in [7, 11) is 0. The molecule has 1 saturated carbocycles. The molecule has 160 valence electrons. The number of hydrogen-bond acceptors (Lipinski definition) is 5. The number of rotatable bonds is 9. The normalized spacial score (nSPS) is 14.5. The molecule has 3 N–H and O–H groups in total. The maximum Gasteiger partial charge on any atom is 0.270 e. The zero-order chi connectivity index (χ0) is 21.6. The number of ether oxygens (including phenoxy) is 1. The van der Waals surface area contributed by atoms with Crippen molar-refractivity contribution in [1.82, 2.24) is 15.6 Å². The molecule has 0 bridgehead atoms. The second-order valence-corrected chi connectivity index (χ2v) is 8.07. The van der Waals surface area contributed by atoms with Gasteiger partial charge in [-0.05, 0) is 55.5 Å². The Kier molecular flexibility index (Phi) is 7.53. The number of aliphatic hydroxyl groups excluding tert-OH is 1. The Bertz CT molecular complexity index is 919. The summed E-state index contributed by atoms with van der Waals surface area (Å²) in [5, 5.41) is 15.9. The van der Waals surface area contributed by atoms with Crippen molar-refractivity contribution in [1.29, 1.82) is 0 Å². The van der Waals surface area contributed by atoms with Crippen LogP contribution in [0.1, 0.15) is 41.7 Å². The van der Waals surface area contributed by atoms with E-state index in [0.29, 0.717) is 34.3 Å². The van der Waals surface area contributed by atoms with Gasteiger partial charge in [-0.1, -0.05) is 23.2 Å². The first-order valence-corrected chi connectivity index (χ1v) is 10.4. The quantitative estimate of drug-likeness (QED) is 0.543. The molecule has 0 saturated heterocycles. The van der Waals surface area contributed by atoms with Gasteiger partial charge >= 0.3 is 0 Å². The van der Waals surface area contributed by atoms with Gasteiger partial charge in [0.25, 0.3) is 11.8 Å². The molecule has 1 fully saturated rings. The van der Waals surface area contributed by atoms with Crippen LogP contribution in [-0.2, 0) is 11.4 Å². The fourth-order valence-electron chi connectivity index (χ4n) is 3.25. The summed E-state index contributed by atoms with van der Waals surface area (Å²) in [6, 6.07) is 8.02. The van der Waals surface area contributed by atoms with Gasteiger partial charge in [0.15, 0.2) is 6.61 Å². The lowest BCUT2D eigenvalue weighted by Gasteiger charge is -2.42. The topological polar surface area (TPSA) is 101 Å². The highest BCUT2D eigenvalue weighted by Gasteiger charge is 2.38. The Hall–Kier alpha value is -2.35. The summed E-state index contributed by atoms with van der Waals surface area (Å²) in [6.07, 6.45) is 4.81. The number of nitrogens with zero attached hydrogens (tertiary/aromatic N) is 1. The maximum absolute atomic E-state index is 12.5. The van der Waals surface area contributed by atoms with Crippen LogP contribution in [0.4, 0.5) is 0 Å². The third kappa shape index (κ3) is 5.84. The second-order valence-electron chi connectivity index (χ2n) is 7.26. The standard InChI is InChI=1S/C21H23Cl2N3O4/c22-16-3-2-15(11-17(16)23)30-13-19(28)25-9-7-21(5-1-6-21)26-20(29)18-10-14(12-27)4-8-24-18/h2-4,8,10-11,27H,1,5-7,9,12-13H2,(H,25,28)(H,26,29). The predicted molar refractivity (Wildman–Crippen MR) is 114 cm³/mol. The van der Waals surface area contributed by atoms with Crippen LogP contribution in [0, 0.1) is 0 Å². The highest BCUT2D eigenvalue weighted by atomic mass is 35.5. The highest BCUT2D eigenvalue weighted by Crippen LogP contribution is 2.35. The summed E-state index contributed by atoms with van der Waals surface area (Å²) < 4.78 is 5.42. The summed E-state index contributed by atoms with van der Waals surface area (Å²) in [5.41, 5.74) is 0.546. The lowest BCUT2D eigenvalue weighted by molar-refractivity contribution is -0.123. The van der Waals surface area contributed by atoms with Gasteiger partial charge in [-0.3, -0.25) is 14.6 Å². The predicted octanol–water partition coefficient (Wildman–Crippen LogP) is 3.12. The van der Waals surface area contributed by atoms with E-state index in [2.05, 4.69) is 15.6 Å². The van der Waals surface area contributed by atoms with Crippen molar-refractivity contribution in [3.05, 3.63) is 57.8 Å². The average molecular weight is 452 g/mol. The zero-order valence-electron chi connectivity index (χ0n) is 16.3. The molecular formula is C21H23Cl2N3O4. The van der Waals surface area contributed by atoms with Crippen LogP contribution in [0.2, 0.25) is 10.0 Å². The van der Waals surface area contributed by atoms with Gasteiger partial charge in [0.1, 0.15) is 11.4 Å². The van der Waals surface area contributed by atoms with E-state index in [-0.39, 0.29) is 36.3 Å². The molecule has 1 aromatic heterocycles. The molecule has 3 rings (SSSR count). The van der Waals surface area contributed by atoms with Crippen LogP contribution >= 0.6 is 23.2 Å². The van der Waals surface area contributed by atoms with Crippen LogP contribution in [0.15, 0.2) is 36.5 Å². The maximum atomic E-state index is 12.5. The largest absolute Gasteiger partial charge is 0.484 e. The number of carbonyl (C=O) groups excluding carboxylic acids is 2. The highest BCUT2D eigenvalue weighted by molar-refractivity contribution is 6.42. The Morgan fingerprint density at radius 3 is 2.63 bits per heavy atom. The number of nitrogens with one attached hydrogen (secondary N) is 2. The van der Waals surface area contributed by atoms with E-state index in [1.165, 1.54) is 6.20 Å². The summed E-state index contributed by atoms with van der Waals surface area (Å²) >= 11 is 11.8. The SMILES string of the molecule is O=C(COc1ccc(Cl)c(Cl)c1)NCCC1(NC(=O)c2cc(CO)ccn2)CCC1. The first-order chi connectivity index (χ1) is 14.4. The van der Waals surface area contributed by atoms with Crippen molar-refractivity contribution in [3.8, 4) is 5.75 Å². The molecule has 1 aliphatic rings. The summed E-state index contributed by atoms with van der Waals surface area (Å²) in [6.45, 7) is 0.118. The minimum Gasteiger partial charge on any atom is -0.484 e. The molecule has 2 aromatic rings. The molecule has 30 heavy (non-hydrogen) atoms. The monoisotopic (exact) mass is 451 g/mol. The fraction of sp³-hybridized carbons (Fsp3) is 0.381. The Morgan fingerprint density at radius 2 is 1.97 bits per heavy atom. The first-order valence-electron chi connectivity index (χ1n) is 9.64. The molecule has 0 radical (unpaired) electrons. The first kappa shape index (κ1) is 22.3. The fourth-order valence-corrected chi connectivity index (χ4v) is 3.54. The molecule has 1 aromatic carbocycles. The van der Waals surface area contributed by atoms with Gasteiger partial charge in [0.05, 0.1) is 16.7 Å². The second kappa shape index (κ2) is 10.1. The Labute approximate surface area is 184 Å². The molecule has 7 nitrogen and oxygen atoms in total. The molecular weight excluding hydrogens is 429 g/mol. The van der Waals surface area contributed by atoms with Gasteiger partial charge < -0.3 is 20.5 Å². The minimum atomic E-state index is -0.355. The van der Waals surface area contributed by atoms with E-state index >= 15 is 0 Å². The third-order valence-electron chi connectivity index (χ3n) is 5.12. The number of aliphatic hydroxyl groups is 1. The Balaban J connectivity index is 1.45. The van der Waals surface area contributed by atoms with Gasteiger partial charge in [-0.25, -0.2) is 0 Å². The van der Waals surface area contributed by atoms with Gasteiger partial charge in [-0.2, -0.15) is 0 Å². The molecule has 1 aliphatic carbocycles. The number of aromatic nitrogens is 1. The van der Waals surface area contributed by atoms with E-state index < -0.39 is 0 Å². The minimum absolute atomic E-state index is 0.144. The number of carbonyl (C=O) groups is 2. The van der Waals surface area contributed by atoms with E-state index in [1.807, 2.05) is 0 Å². The molecule has 9 heteroatoms. The van der Waals surface area contributed by atoms with E-state index in [9.17, 15) is 14.7 Å². The number of amides is 2. The summed E-state index contributed by atoms with van der Waals surface area (Å²) in [4.78, 5) is 28.7.